The van der Waals surface area contributed by atoms with Gasteiger partial charge >= 0.3 is 5.97 Å². The minimum atomic E-state index is -0.384. The Morgan fingerprint density at radius 2 is 1.86 bits per heavy atom. The summed E-state index contributed by atoms with van der Waals surface area (Å²) in [5, 5.41) is 0.211. The van der Waals surface area contributed by atoms with Crippen LogP contribution in [-0.4, -0.2) is 49.5 Å². The van der Waals surface area contributed by atoms with Crippen LogP contribution in [0, 0.1) is 0 Å². The summed E-state index contributed by atoms with van der Waals surface area (Å²) in [6.07, 6.45) is 0. The van der Waals surface area contributed by atoms with Gasteiger partial charge in [0.25, 0.3) is 5.91 Å². The van der Waals surface area contributed by atoms with E-state index in [4.69, 9.17) is 21.1 Å². The van der Waals surface area contributed by atoms with Gasteiger partial charge in [0, 0.05) is 26.2 Å². The van der Waals surface area contributed by atoms with Crippen LogP contribution in [0.2, 0.25) is 5.02 Å². The zero-order chi connectivity index (χ0) is 21.0. The van der Waals surface area contributed by atoms with E-state index in [0.717, 1.165) is 5.56 Å². The maximum absolute atomic E-state index is 13.2. The highest BCUT2D eigenvalue weighted by molar-refractivity contribution is 6.34. The summed E-state index contributed by atoms with van der Waals surface area (Å²) in [4.78, 5) is 39.4. The molecular formula is C21H21ClN2O5. The van der Waals surface area contributed by atoms with Gasteiger partial charge in [-0.1, -0.05) is 29.8 Å². The minimum absolute atomic E-state index is 0.0662. The molecule has 29 heavy (non-hydrogen) atoms. The number of esters is 1. The lowest BCUT2D eigenvalue weighted by atomic mass is 10.1. The van der Waals surface area contributed by atoms with Crippen molar-refractivity contribution < 1.29 is 23.9 Å². The molecule has 1 aliphatic rings. The Labute approximate surface area is 173 Å². The van der Waals surface area contributed by atoms with Crippen LogP contribution in [0.25, 0.3) is 0 Å². The van der Waals surface area contributed by atoms with E-state index in [9.17, 15) is 14.4 Å². The first kappa shape index (κ1) is 20.7. The molecule has 2 aromatic carbocycles. The van der Waals surface area contributed by atoms with Crippen molar-refractivity contribution in [3.8, 4) is 5.75 Å². The van der Waals surface area contributed by atoms with Crippen LogP contribution in [0.3, 0.4) is 0 Å². The highest BCUT2D eigenvalue weighted by Crippen LogP contribution is 2.29. The second kappa shape index (κ2) is 8.96. The van der Waals surface area contributed by atoms with Crippen LogP contribution < -0.4 is 9.64 Å². The number of carbonyl (C=O) groups is 3. The van der Waals surface area contributed by atoms with Crippen molar-refractivity contribution >= 4 is 35.1 Å². The molecule has 0 N–H and O–H groups in total. The number of benzene rings is 2. The molecule has 0 fully saturated rings. The van der Waals surface area contributed by atoms with Gasteiger partial charge in [-0.25, -0.2) is 0 Å². The molecule has 0 unspecified atom stereocenters. The Hall–Kier alpha value is -3.06. The van der Waals surface area contributed by atoms with Crippen LogP contribution in [0.4, 0.5) is 5.69 Å². The van der Waals surface area contributed by atoms with Crippen LogP contribution in [-0.2, 0) is 20.9 Å². The topological polar surface area (TPSA) is 76.1 Å². The summed E-state index contributed by atoms with van der Waals surface area (Å²) in [5.74, 6) is -0.454. The van der Waals surface area contributed by atoms with Crippen molar-refractivity contribution in [2.75, 3.05) is 31.7 Å². The number of amides is 2. The van der Waals surface area contributed by atoms with E-state index in [1.165, 1.54) is 17.9 Å². The Bertz CT molecular complexity index is 946. The van der Waals surface area contributed by atoms with E-state index in [1.54, 1.807) is 24.1 Å². The predicted octanol–water partition coefficient (Wildman–Crippen LogP) is 2.90. The van der Waals surface area contributed by atoms with Crippen molar-refractivity contribution in [1.82, 2.24) is 4.90 Å². The summed E-state index contributed by atoms with van der Waals surface area (Å²) in [7, 11) is 1.71. The Morgan fingerprint density at radius 1 is 1.10 bits per heavy atom. The molecule has 7 nitrogen and oxygen atoms in total. The normalized spacial score (nSPS) is 13.6. The second-order valence-corrected chi connectivity index (χ2v) is 7.01. The third-order valence-electron chi connectivity index (χ3n) is 4.48. The minimum Gasteiger partial charge on any atom is -0.490 e. The number of nitrogens with zero attached hydrogens (tertiary/aromatic N) is 2. The monoisotopic (exact) mass is 416 g/mol. The Balaban J connectivity index is 1.80. The maximum atomic E-state index is 13.2. The number of anilines is 1. The predicted molar refractivity (Wildman–Crippen MR) is 108 cm³/mol. The Morgan fingerprint density at radius 3 is 2.59 bits per heavy atom. The number of fused-ring (bicyclic) bond motifs is 1. The number of hydrogen-bond donors (Lipinski definition) is 0. The molecule has 0 bridgehead atoms. The highest BCUT2D eigenvalue weighted by Gasteiger charge is 2.29. The van der Waals surface area contributed by atoms with Crippen molar-refractivity contribution in [1.29, 1.82) is 0 Å². The van der Waals surface area contributed by atoms with Gasteiger partial charge in [-0.15, -0.1) is 0 Å². The second-order valence-electron chi connectivity index (χ2n) is 6.60. The fourth-order valence-corrected chi connectivity index (χ4v) is 3.27. The first-order valence-electron chi connectivity index (χ1n) is 9.06. The molecule has 0 atom stereocenters. The lowest BCUT2D eigenvalue weighted by molar-refractivity contribution is -0.141. The maximum Gasteiger partial charge on any atom is 0.302 e. The smallest absolute Gasteiger partial charge is 0.302 e. The first-order chi connectivity index (χ1) is 13.9. The summed E-state index contributed by atoms with van der Waals surface area (Å²) in [5.41, 5.74) is 1.84. The average Bonchev–Trinajstić information content (AvgIpc) is 2.81. The van der Waals surface area contributed by atoms with Crippen LogP contribution >= 0.6 is 11.6 Å². The SMILES string of the molecule is CC(=O)OCCOc1ccc(C(=O)N2CC(=O)N(C)Cc3ccccc32)c(Cl)c1. The number of carbonyl (C=O) groups excluding carboxylic acids is 3. The molecule has 1 aliphatic heterocycles. The van der Waals surface area contributed by atoms with Crippen LogP contribution in [0.5, 0.6) is 5.75 Å². The van der Waals surface area contributed by atoms with E-state index in [2.05, 4.69) is 0 Å². The van der Waals surface area contributed by atoms with Crippen molar-refractivity contribution in [2.24, 2.45) is 0 Å². The van der Waals surface area contributed by atoms with E-state index in [0.29, 0.717) is 18.0 Å². The van der Waals surface area contributed by atoms with E-state index >= 15 is 0 Å². The third-order valence-corrected chi connectivity index (χ3v) is 4.80. The van der Waals surface area contributed by atoms with E-state index in [1.807, 2.05) is 24.3 Å². The van der Waals surface area contributed by atoms with Crippen molar-refractivity contribution in [3.63, 3.8) is 0 Å². The quantitative estimate of drug-likeness (QED) is 0.553. The van der Waals surface area contributed by atoms with Gasteiger partial charge in [0.15, 0.2) is 0 Å². The average molecular weight is 417 g/mol. The van der Waals surface area contributed by atoms with Crippen molar-refractivity contribution in [2.45, 2.75) is 13.5 Å². The van der Waals surface area contributed by atoms with E-state index < -0.39 is 0 Å². The molecule has 0 saturated carbocycles. The molecule has 8 heteroatoms. The number of ether oxygens (including phenoxy) is 2. The number of halogens is 1. The molecule has 0 aliphatic carbocycles. The van der Waals surface area contributed by atoms with E-state index in [-0.39, 0.29) is 48.1 Å². The van der Waals surface area contributed by atoms with Gasteiger partial charge in [0.1, 0.15) is 25.5 Å². The van der Waals surface area contributed by atoms with Gasteiger partial charge in [-0.3, -0.25) is 19.3 Å². The number of hydrogen-bond acceptors (Lipinski definition) is 5. The number of para-hydroxylation sites is 1. The molecule has 152 valence electrons. The fourth-order valence-electron chi connectivity index (χ4n) is 3.02. The molecular weight excluding hydrogens is 396 g/mol. The molecule has 1 heterocycles. The zero-order valence-corrected chi connectivity index (χ0v) is 16.9. The van der Waals surface area contributed by atoms with Gasteiger partial charge in [-0.2, -0.15) is 0 Å². The molecule has 0 radical (unpaired) electrons. The molecule has 0 spiro atoms. The third kappa shape index (κ3) is 4.86. The number of likely N-dealkylation sites (N-methyl/N-ethyl adjacent to an activating group) is 1. The standard InChI is InChI=1S/C21H21ClN2O5/c1-14(25)28-9-10-29-16-7-8-17(18(22)11-16)21(27)24-13-20(26)23(2)12-15-5-3-4-6-19(15)24/h3-8,11H,9-10,12-13H2,1-2H3. The lowest BCUT2D eigenvalue weighted by Gasteiger charge is -2.22. The van der Waals surface area contributed by atoms with Crippen LogP contribution in [0.1, 0.15) is 22.8 Å². The summed E-state index contributed by atoms with van der Waals surface area (Å²) >= 11 is 6.33. The molecule has 0 saturated heterocycles. The fraction of sp³-hybridized carbons (Fsp3) is 0.286. The summed E-state index contributed by atoms with van der Waals surface area (Å²) in [6, 6.07) is 12.1. The summed E-state index contributed by atoms with van der Waals surface area (Å²) < 4.78 is 10.3. The highest BCUT2D eigenvalue weighted by atomic mass is 35.5. The molecule has 2 amide bonds. The van der Waals surface area contributed by atoms with Gasteiger partial charge in [0.05, 0.1) is 10.6 Å². The van der Waals surface area contributed by atoms with Crippen LogP contribution in [0.15, 0.2) is 42.5 Å². The largest absolute Gasteiger partial charge is 0.490 e. The van der Waals surface area contributed by atoms with Gasteiger partial charge in [-0.05, 0) is 29.8 Å². The molecule has 0 aromatic heterocycles. The Kier molecular flexibility index (Phi) is 6.39. The van der Waals surface area contributed by atoms with Crippen molar-refractivity contribution in [3.05, 3.63) is 58.6 Å². The number of rotatable bonds is 5. The van der Waals surface area contributed by atoms with Gasteiger partial charge < -0.3 is 14.4 Å². The summed E-state index contributed by atoms with van der Waals surface area (Å²) in [6.45, 7) is 1.98. The first-order valence-corrected chi connectivity index (χ1v) is 9.44. The van der Waals surface area contributed by atoms with Gasteiger partial charge in [0.2, 0.25) is 5.91 Å². The zero-order valence-electron chi connectivity index (χ0n) is 16.2. The molecule has 2 aromatic rings. The molecule has 3 rings (SSSR count). The lowest BCUT2D eigenvalue weighted by Crippen LogP contribution is -2.39.